The van der Waals surface area contributed by atoms with E-state index >= 15 is 0 Å². The van der Waals surface area contributed by atoms with Gasteiger partial charge in [-0.25, -0.2) is 0 Å². The topological polar surface area (TPSA) is 114 Å². The summed E-state index contributed by atoms with van der Waals surface area (Å²) < 4.78 is 12.5. The van der Waals surface area contributed by atoms with Crippen LogP contribution in [0.3, 0.4) is 0 Å². The minimum atomic E-state index is -1.86. The standard InChI is InChI=1S/C16H13BrN4O2S/c1-3-10-14(2)22-12(9-4-5-11(17)24-9)15(6-18,7-19)16(10,8-20)13(21)23-14/h4-5,10,12,21H,3H2,1-2H3. The Labute approximate surface area is 151 Å². The summed E-state index contributed by atoms with van der Waals surface area (Å²) in [6, 6.07) is 9.69. The number of hydrogen-bond donors (Lipinski definition) is 1. The van der Waals surface area contributed by atoms with Crippen molar-refractivity contribution in [1.82, 2.24) is 0 Å². The van der Waals surface area contributed by atoms with Gasteiger partial charge in [-0.15, -0.1) is 11.3 Å². The molecule has 2 saturated heterocycles. The second-order valence-corrected chi connectivity index (χ2v) is 8.49. The van der Waals surface area contributed by atoms with Gasteiger partial charge in [0.15, 0.2) is 5.41 Å². The molecule has 0 saturated carbocycles. The third kappa shape index (κ3) is 1.73. The fraction of sp³-hybridized carbons (Fsp3) is 0.500. The van der Waals surface area contributed by atoms with Crippen LogP contribution in [0, 0.1) is 56.2 Å². The molecule has 0 aromatic carbocycles. The van der Waals surface area contributed by atoms with Crippen molar-refractivity contribution in [2.45, 2.75) is 32.2 Å². The summed E-state index contributed by atoms with van der Waals surface area (Å²) in [5.74, 6) is -2.16. The Morgan fingerprint density at radius 1 is 1.29 bits per heavy atom. The third-order valence-electron chi connectivity index (χ3n) is 4.98. The molecule has 0 spiro atoms. The maximum atomic E-state index is 9.99. The van der Waals surface area contributed by atoms with Crippen molar-refractivity contribution < 1.29 is 9.47 Å². The summed E-state index contributed by atoms with van der Waals surface area (Å²) in [6.45, 7) is 3.50. The highest BCUT2D eigenvalue weighted by Gasteiger charge is 2.79. The zero-order valence-electron chi connectivity index (χ0n) is 13.0. The molecule has 0 aliphatic carbocycles. The second-order valence-electron chi connectivity index (χ2n) is 6.00. The van der Waals surface area contributed by atoms with Crippen LogP contribution in [0.4, 0.5) is 0 Å². The Morgan fingerprint density at radius 3 is 2.42 bits per heavy atom. The number of nitrogens with zero attached hydrogens (tertiary/aromatic N) is 3. The quantitative estimate of drug-likeness (QED) is 0.802. The number of fused-ring (bicyclic) bond motifs is 2. The van der Waals surface area contributed by atoms with E-state index in [1.165, 1.54) is 11.3 Å². The van der Waals surface area contributed by atoms with Crippen molar-refractivity contribution in [2.75, 3.05) is 0 Å². The number of ether oxygens (including phenoxy) is 2. The molecule has 3 heterocycles. The van der Waals surface area contributed by atoms with Crippen LogP contribution in [0.1, 0.15) is 31.2 Å². The zero-order valence-corrected chi connectivity index (χ0v) is 15.4. The van der Waals surface area contributed by atoms with Crippen molar-refractivity contribution >= 4 is 33.2 Å². The van der Waals surface area contributed by atoms with Gasteiger partial charge in [0.05, 0.1) is 27.9 Å². The van der Waals surface area contributed by atoms with E-state index in [-0.39, 0.29) is 5.90 Å². The van der Waals surface area contributed by atoms with Crippen LogP contribution in [0.2, 0.25) is 0 Å². The van der Waals surface area contributed by atoms with E-state index in [4.69, 9.17) is 14.9 Å². The minimum absolute atomic E-state index is 0.361. The van der Waals surface area contributed by atoms with E-state index in [1.807, 2.05) is 19.1 Å². The van der Waals surface area contributed by atoms with Gasteiger partial charge < -0.3 is 9.47 Å². The summed E-state index contributed by atoms with van der Waals surface area (Å²) in [7, 11) is 0. The van der Waals surface area contributed by atoms with Crippen molar-refractivity contribution in [3.63, 3.8) is 0 Å². The average Bonchev–Trinajstić information content (AvgIpc) is 3.05. The molecule has 122 valence electrons. The van der Waals surface area contributed by atoms with Crippen LogP contribution in [-0.2, 0) is 9.47 Å². The predicted octanol–water partition coefficient (Wildman–Crippen LogP) is 3.88. The Bertz CT molecular complexity index is 833. The van der Waals surface area contributed by atoms with E-state index in [1.54, 1.807) is 19.1 Å². The normalized spacial score (nSPS) is 36.2. The van der Waals surface area contributed by atoms with Crippen LogP contribution < -0.4 is 0 Å². The predicted molar refractivity (Wildman–Crippen MR) is 88.5 cm³/mol. The van der Waals surface area contributed by atoms with Crippen LogP contribution in [0.25, 0.3) is 0 Å². The molecule has 1 aromatic rings. The van der Waals surface area contributed by atoms with E-state index < -0.39 is 28.6 Å². The molecule has 1 N–H and O–H groups in total. The highest BCUT2D eigenvalue weighted by molar-refractivity contribution is 9.11. The first-order valence-corrected chi connectivity index (χ1v) is 8.91. The number of thiophene rings is 1. The maximum Gasteiger partial charge on any atom is 0.214 e. The van der Waals surface area contributed by atoms with E-state index in [2.05, 4.69) is 22.0 Å². The van der Waals surface area contributed by atoms with Gasteiger partial charge in [-0.2, -0.15) is 15.8 Å². The number of nitrogens with one attached hydrogen (secondary N) is 1. The lowest BCUT2D eigenvalue weighted by molar-refractivity contribution is -0.272. The van der Waals surface area contributed by atoms with Gasteiger partial charge in [-0.05, 0) is 34.5 Å². The smallest absolute Gasteiger partial charge is 0.214 e. The molecule has 3 rings (SSSR count). The highest BCUT2D eigenvalue weighted by atomic mass is 79.9. The first kappa shape index (κ1) is 16.9. The van der Waals surface area contributed by atoms with E-state index in [0.29, 0.717) is 11.3 Å². The molecule has 2 fully saturated rings. The van der Waals surface area contributed by atoms with Gasteiger partial charge in [0.1, 0.15) is 6.10 Å². The maximum absolute atomic E-state index is 9.99. The molecule has 24 heavy (non-hydrogen) atoms. The first-order chi connectivity index (χ1) is 11.3. The summed E-state index contributed by atoms with van der Waals surface area (Å²) in [4.78, 5) is 0.642. The Hall–Kier alpha value is -1.92. The lowest BCUT2D eigenvalue weighted by Gasteiger charge is -2.48. The second kappa shape index (κ2) is 5.29. The first-order valence-electron chi connectivity index (χ1n) is 7.30. The molecule has 2 aliphatic rings. The van der Waals surface area contributed by atoms with Gasteiger partial charge in [-0.3, -0.25) is 5.41 Å². The molecule has 0 amide bonds. The highest BCUT2D eigenvalue weighted by Crippen LogP contribution is 2.67. The molecule has 4 unspecified atom stereocenters. The van der Waals surface area contributed by atoms with Gasteiger partial charge >= 0.3 is 0 Å². The number of hydrogen-bond acceptors (Lipinski definition) is 7. The van der Waals surface area contributed by atoms with Crippen LogP contribution in [-0.4, -0.2) is 11.7 Å². The Kier molecular flexibility index (Phi) is 3.73. The molecule has 2 aliphatic heterocycles. The zero-order chi connectivity index (χ0) is 17.8. The van der Waals surface area contributed by atoms with Crippen molar-refractivity contribution in [2.24, 2.45) is 16.7 Å². The molecule has 1 aromatic heterocycles. The molecule has 8 heteroatoms. The van der Waals surface area contributed by atoms with E-state index in [0.717, 1.165) is 3.79 Å². The monoisotopic (exact) mass is 404 g/mol. The lowest BCUT2D eigenvalue weighted by Crippen LogP contribution is -2.58. The third-order valence-corrected chi connectivity index (χ3v) is 6.64. The van der Waals surface area contributed by atoms with Crippen LogP contribution >= 0.6 is 27.3 Å². The van der Waals surface area contributed by atoms with Gasteiger partial charge in [-0.1, -0.05) is 6.92 Å². The molecule has 2 bridgehead atoms. The lowest BCUT2D eigenvalue weighted by atomic mass is 9.53. The summed E-state index contributed by atoms with van der Waals surface area (Å²) in [5, 5.41) is 38.2. The largest absolute Gasteiger partial charge is 0.448 e. The van der Waals surface area contributed by atoms with Crippen LogP contribution in [0.5, 0.6) is 0 Å². The Balaban J connectivity index is 2.34. The van der Waals surface area contributed by atoms with Crippen LogP contribution in [0.15, 0.2) is 15.9 Å². The number of nitriles is 3. The minimum Gasteiger partial charge on any atom is -0.448 e. The van der Waals surface area contributed by atoms with Gasteiger partial charge in [0, 0.05) is 11.8 Å². The van der Waals surface area contributed by atoms with Crippen molar-refractivity contribution in [1.29, 1.82) is 21.2 Å². The fourth-order valence-corrected chi connectivity index (χ4v) is 5.47. The fourth-order valence-electron chi connectivity index (χ4n) is 3.95. The summed E-state index contributed by atoms with van der Waals surface area (Å²) >= 11 is 4.70. The molecular weight excluding hydrogens is 392 g/mol. The molecular formula is C16H13BrN4O2S. The van der Waals surface area contributed by atoms with Gasteiger partial charge in [0.2, 0.25) is 17.1 Å². The molecule has 0 radical (unpaired) electrons. The van der Waals surface area contributed by atoms with E-state index in [9.17, 15) is 15.8 Å². The summed E-state index contributed by atoms with van der Waals surface area (Å²) in [6.07, 6.45) is -0.530. The van der Waals surface area contributed by atoms with Gasteiger partial charge in [0.25, 0.3) is 0 Å². The number of halogens is 1. The van der Waals surface area contributed by atoms with Crippen molar-refractivity contribution in [3.05, 3.63) is 20.8 Å². The Morgan fingerprint density at radius 2 is 1.96 bits per heavy atom. The summed E-state index contributed by atoms with van der Waals surface area (Å²) in [5.41, 5.74) is -3.53. The molecule has 4 atom stereocenters. The van der Waals surface area contributed by atoms with Crippen molar-refractivity contribution in [3.8, 4) is 18.2 Å². The molecule has 6 nitrogen and oxygen atoms in total. The SMILES string of the molecule is CCC1C2(C)OC(=N)C1(C#N)C(C#N)(C#N)C(c1ccc(Br)s1)O2. The average molecular weight is 405 g/mol. The number of rotatable bonds is 2.